The number of hydrogen-bond acceptors (Lipinski definition) is 4. The molecular weight excluding hydrogens is 415 g/mol. The van der Waals surface area contributed by atoms with E-state index >= 15 is 0 Å². The van der Waals surface area contributed by atoms with Crippen molar-refractivity contribution < 1.29 is 19.1 Å². The van der Waals surface area contributed by atoms with Crippen LogP contribution in [0.2, 0.25) is 10.0 Å². The molecule has 0 aliphatic carbocycles. The highest BCUT2D eigenvalue weighted by Gasteiger charge is 2.34. The summed E-state index contributed by atoms with van der Waals surface area (Å²) in [4.78, 5) is 25.1. The lowest BCUT2D eigenvalue weighted by Gasteiger charge is -2.15. The lowest BCUT2D eigenvalue weighted by molar-refractivity contribution is -0.117. The Morgan fingerprint density at radius 3 is 2.48 bits per heavy atom. The van der Waals surface area contributed by atoms with Crippen molar-refractivity contribution in [2.24, 2.45) is 0 Å². The average molecular weight is 431 g/mol. The van der Waals surface area contributed by atoms with Gasteiger partial charge in [0.05, 0.1) is 12.3 Å². The zero-order chi connectivity index (χ0) is 21.0. The number of rotatable bonds is 6. The summed E-state index contributed by atoms with van der Waals surface area (Å²) in [5.74, 6) is 2.25. The maximum atomic E-state index is 12.8. The molecule has 29 heavy (non-hydrogen) atoms. The molecule has 0 unspecified atom stereocenters. The van der Waals surface area contributed by atoms with Gasteiger partial charge in [-0.05, 0) is 48.9 Å². The molecule has 1 heterocycles. The van der Waals surface area contributed by atoms with E-state index in [4.69, 9.17) is 39.1 Å². The van der Waals surface area contributed by atoms with Crippen LogP contribution in [0.15, 0.2) is 42.0 Å². The summed E-state index contributed by atoms with van der Waals surface area (Å²) >= 11 is 12.0. The highest BCUT2D eigenvalue weighted by atomic mass is 35.5. The number of amides is 2. The summed E-state index contributed by atoms with van der Waals surface area (Å²) in [7, 11) is 0. The Bertz CT molecular complexity index is 1020. The van der Waals surface area contributed by atoms with Crippen LogP contribution < -0.4 is 19.9 Å². The van der Waals surface area contributed by atoms with Gasteiger partial charge in [-0.25, -0.2) is 5.01 Å². The minimum atomic E-state index is -0.545. The van der Waals surface area contributed by atoms with Crippen molar-refractivity contribution >= 4 is 46.8 Å². The van der Waals surface area contributed by atoms with Gasteiger partial charge >= 0.3 is 0 Å². The minimum absolute atomic E-state index is 0.0409. The standard InChI is InChI=1S/C21H16Cl2N2O4/c1-3-7-29-18-6-5-13(9-19(18)28-4-2)8-17-20(26)24-25(21(17)27)16-11-14(22)10-15(23)12-16/h1,5-6,8-12H,4,7H2,2H3,(H,24,26)/b17-8-. The smallest absolute Gasteiger partial charge is 0.282 e. The second-order valence-electron chi connectivity index (χ2n) is 5.90. The summed E-state index contributed by atoms with van der Waals surface area (Å²) in [6.07, 6.45) is 6.69. The van der Waals surface area contributed by atoms with Crippen LogP contribution in [0.25, 0.3) is 6.08 Å². The molecule has 2 aromatic rings. The fourth-order valence-electron chi connectivity index (χ4n) is 2.70. The van der Waals surface area contributed by atoms with E-state index < -0.39 is 11.8 Å². The van der Waals surface area contributed by atoms with Gasteiger partial charge in [-0.15, -0.1) is 6.42 Å². The van der Waals surface area contributed by atoms with Crippen LogP contribution in [-0.4, -0.2) is 25.0 Å². The third-order valence-corrected chi connectivity index (χ3v) is 4.32. The van der Waals surface area contributed by atoms with Gasteiger partial charge in [-0.1, -0.05) is 35.2 Å². The van der Waals surface area contributed by atoms with Crippen molar-refractivity contribution in [1.82, 2.24) is 5.43 Å². The lowest BCUT2D eigenvalue weighted by atomic mass is 10.1. The third kappa shape index (κ3) is 4.65. The molecule has 1 saturated heterocycles. The van der Waals surface area contributed by atoms with E-state index in [1.54, 1.807) is 18.2 Å². The Labute approximate surface area is 178 Å². The van der Waals surface area contributed by atoms with E-state index in [0.29, 0.717) is 39.4 Å². The van der Waals surface area contributed by atoms with E-state index in [1.807, 2.05) is 6.92 Å². The Morgan fingerprint density at radius 2 is 1.83 bits per heavy atom. The van der Waals surface area contributed by atoms with E-state index in [2.05, 4.69) is 11.3 Å². The maximum Gasteiger partial charge on any atom is 0.282 e. The van der Waals surface area contributed by atoms with Crippen LogP contribution >= 0.6 is 23.2 Å². The van der Waals surface area contributed by atoms with Gasteiger partial charge in [0.1, 0.15) is 12.2 Å². The fraction of sp³-hybridized carbons (Fsp3) is 0.143. The normalized spacial score (nSPS) is 14.7. The number of nitrogens with zero attached hydrogens (tertiary/aromatic N) is 1. The number of hydrogen-bond donors (Lipinski definition) is 1. The molecule has 148 valence electrons. The van der Waals surface area contributed by atoms with Gasteiger partial charge in [0.2, 0.25) is 0 Å². The lowest BCUT2D eigenvalue weighted by Crippen LogP contribution is -2.35. The summed E-state index contributed by atoms with van der Waals surface area (Å²) in [6, 6.07) is 9.62. The third-order valence-electron chi connectivity index (χ3n) is 3.89. The molecule has 1 fully saturated rings. The molecule has 3 rings (SSSR count). The van der Waals surface area contributed by atoms with Crippen LogP contribution in [0.3, 0.4) is 0 Å². The van der Waals surface area contributed by atoms with Crippen molar-refractivity contribution in [1.29, 1.82) is 0 Å². The Kier molecular flexibility index (Phi) is 6.32. The molecule has 8 heteroatoms. The number of anilines is 1. The van der Waals surface area contributed by atoms with Crippen LogP contribution in [-0.2, 0) is 9.59 Å². The average Bonchev–Trinajstić information content (AvgIpc) is 2.95. The zero-order valence-electron chi connectivity index (χ0n) is 15.4. The second kappa shape index (κ2) is 8.91. The van der Waals surface area contributed by atoms with Crippen molar-refractivity contribution in [3.63, 3.8) is 0 Å². The first-order valence-electron chi connectivity index (χ1n) is 8.59. The summed E-state index contributed by atoms with van der Waals surface area (Å²) < 4.78 is 11.0. The first-order chi connectivity index (χ1) is 13.9. The molecule has 2 aromatic carbocycles. The number of benzene rings is 2. The van der Waals surface area contributed by atoms with Gasteiger partial charge in [0.25, 0.3) is 11.8 Å². The molecule has 1 N–H and O–H groups in total. The molecule has 0 saturated carbocycles. The van der Waals surface area contributed by atoms with Gasteiger partial charge in [-0.3, -0.25) is 15.0 Å². The Hall–Kier alpha value is -3.14. The predicted octanol–water partition coefficient (Wildman–Crippen LogP) is 3.87. The largest absolute Gasteiger partial charge is 0.490 e. The van der Waals surface area contributed by atoms with Crippen molar-refractivity contribution in [3.8, 4) is 23.8 Å². The Morgan fingerprint density at radius 1 is 1.10 bits per heavy atom. The van der Waals surface area contributed by atoms with Gasteiger partial charge in [0, 0.05) is 10.0 Å². The van der Waals surface area contributed by atoms with Gasteiger partial charge in [0.15, 0.2) is 11.5 Å². The predicted molar refractivity (Wildman–Crippen MR) is 112 cm³/mol. The summed E-state index contributed by atoms with van der Waals surface area (Å²) in [5, 5.41) is 1.78. The number of terminal acetylenes is 1. The van der Waals surface area contributed by atoms with Gasteiger partial charge in [-0.2, -0.15) is 0 Å². The molecule has 0 radical (unpaired) electrons. The number of ether oxygens (including phenoxy) is 2. The minimum Gasteiger partial charge on any atom is -0.490 e. The molecule has 1 aliphatic heterocycles. The number of carbonyl (C=O) groups excluding carboxylic acids is 2. The zero-order valence-corrected chi connectivity index (χ0v) is 16.9. The molecular formula is C21H16Cl2N2O4. The van der Waals surface area contributed by atoms with E-state index in [0.717, 1.165) is 5.01 Å². The maximum absolute atomic E-state index is 12.8. The highest BCUT2D eigenvalue weighted by molar-refractivity contribution is 6.36. The molecule has 6 nitrogen and oxygen atoms in total. The first-order valence-corrected chi connectivity index (χ1v) is 9.35. The van der Waals surface area contributed by atoms with Gasteiger partial charge < -0.3 is 9.47 Å². The van der Waals surface area contributed by atoms with Crippen LogP contribution in [0.4, 0.5) is 5.69 Å². The fourth-order valence-corrected chi connectivity index (χ4v) is 3.21. The second-order valence-corrected chi connectivity index (χ2v) is 6.77. The van der Waals surface area contributed by atoms with Crippen LogP contribution in [0.1, 0.15) is 12.5 Å². The van der Waals surface area contributed by atoms with E-state index in [-0.39, 0.29) is 12.2 Å². The Balaban J connectivity index is 1.91. The topological polar surface area (TPSA) is 67.9 Å². The molecule has 0 aromatic heterocycles. The van der Waals surface area contributed by atoms with Crippen molar-refractivity contribution in [2.75, 3.05) is 18.2 Å². The number of hydrazine groups is 1. The highest BCUT2D eigenvalue weighted by Crippen LogP contribution is 2.31. The SMILES string of the molecule is C#CCOc1ccc(/C=C2/C(=O)NN(c3cc(Cl)cc(Cl)c3)C2=O)cc1OCC. The van der Waals surface area contributed by atoms with Crippen molar-refractivity contribution in [3.05, 3.63) is 57.6 Å². The van der Waals surface area contributed by atoms with Crippen LogP contribution in [0.5, 0.6) is 11.5 Å². The molecule has 1 aliphatic rings. The summed E-state index contributed by atoms with van der Waals surface area (Å²) in [6.45, 7) is 2.34. The molecule has 0 bridgehead atoms. The molecule has 0 atom stereocenters. The first kappa shape index (κ1) is 20.6. The van der Waals surface area contributed by atoms with Crippen molar-refractivity contribution in [2.45, 2.75) is 6.92 Å². The number of carbonyl (C=O) groups is 2. The molecule has 0 spiro atoms. The van der Waals surface area contributed by atoms with E-state index in [9.17, 15) is 9.59 Å². The number of halogens is 2. The molecule has 2 amide bonds. The monoisotopic (exact) mass is 430 g/mol. The van der Waals surface area contributed by atoms with E-state index in [1.165, 1.54) is 24.3 Å². The van der Waals surface area contributed by atoms with Crippen LogP contribution in [0, 0.1) is 12.3 Å². The summed E-state index contributed by atoms with van der Waals surface area (Å²) in [5.41, 5.74) is 3.41. The quantitative estimate of drug-likeness (QED) is 0.429. The number of nitrogens with one attached hydrogen (secondary N) is 1.